The molecule has 7 heteroatoms. The predicted molar refractivity (Wildman–Crippen MR) is 78.9 cm³/mol. The number of hydrogen-bond donors (Lipinski definition) is 2. The summed E-state index contributed by atoms with van der Waals surface area (Å²) in [7, 11) is 0. The van der Waals surface area contributed by atoms with Gasteiger partial charge < -0.3 is 5.32 Å². The lowest BCUT2D eigenvalue weighted by atomic mass is 10.2. The van der Waals surface area contributed by atoms with E-state index in [9.17, 15) is 0 Å². The number of aromatic amines is 1. The predicted octanol–water partition coefficient (Wildman–Crippen LogP) is 3.82. The molecular weight excluding hydrogens is 330 g/mol. The number of aromatic nitrogens is 4. The lowest BCUT2D eigenvalue weighted by molar-refractivity contribution is 1.09. The zero-order chi connectivity index (χ0) is 13.4. The molecule has 96 valence electrons. The molecule has 2 N–H and O–H groups in total. The first-order chi connectivity index (χ1) is 9.13. The Labute approximate surface area is 122 Å². The second-order valence-electron chi connectivity index (χ2n) is 4.08. The highest BCUT2D eigenvalue weighted by Crippen LogP contribution is 2.29. The number of nitrogens with zero attached hydrogens (tertiary/aromatic N) is 3. The van der Waals surface area contributed by atoms with Crippen molar-refractivity contribution in [2.45, 2.75) is 6.92 Å². The van der Waals surface area contributed by atoms with E-state index in [-0.39, 0.29) is 5.28 Å². The van der Waals surface area contributed by atoms with Gasteiger partial charge in [-0.1, -0.05) is 6.07 Å². The summed E-state index contributed by atoms with van der Waals surface area (Å²) < 4.78 is 0.949. The van der Waals surface area contributed by atoms with Crippen LogP contribution in [0.2, 0.25) is 5.28 Å². The molecule has 19 heavy (non-hydrogen) atoms. The van der Waals surface area contributed by atoms with E-state index < -0.39 is 0 Å². The number of benzene rings is 1. The highest BCUT2D eigenvalue weighted by Gasteiger charge is 2.10. The van der Waals surface area contributed by atoms with Crippen LogP contribution in [0.15, 0.2) is 28.9 Å². The van der Waals surface area contributed by atoms with E-state index in [1.165, 1.54) is 0 Å². The maximum atomic E-state index is 5.90. The monoisotopic (exact) mass is 337 g/mol. The van der Waals surface area contributed by atoms with E-state index in [2.05, 4.69) is 41.4 Å². The Hall–Kier alpha value is -1.66. The number of rotatable bonds is 2. The molecule has 0 aliphatic rings. The highest BCUT2D eigenvalue weighted by molar-refractivity contribution is 9.10. The molecule has 2 heterocycles. The standard InChI is InChI=1S/C12H9BrClN5/c1-6-2-3-8(13)9(4-6)16-10-7-5-15-19-11(7)18-12(14)17-10/h2-5H,1H3,(H2,15,16,17,18,19). The normalized spacial score (nSPS) is 10.9. The fourth-order valence-corrected chi connectivity index (χ4v) is 2.28. The number of nitrogens with one attached hydrogen (secondary N) is 2. The Morgan fingerprint density at radius 2 is 2.16 bits per heavy atom. The smallest absolute Gasteiger partial charge is 0.226 e. The molecule has 3 aromatic rings. The van der Waals surface area contributed by atoms with Crippen LogP contribution < -0.4 is 5.32 Å². The van der Waals surface area contributed by atoms with Crippen LogP contribution in [0.25, 0.3) is 11.0 Å². The first kappa shape index (κ1) is 12.4. The summed E-state index contributed by atoms with van der Waals surface area (Å²) in [6.07, 6.45) is 1.66. The van der Waals surface area contributed by atoms with Crippen molar-refractivity contribution in [1.29, 1.82) is 0 Å². The summed E-state index contributed by atoms with van der Waals surface area (Å²) in [5, 5.41) is 10.9. The third kappa shape index (κ3) is 2.41. The van der Waals surface area contributed by atoms with Gasteiger partial charge in [-0.25, -0.2) is 0 Å². The second-order valence-corrected chi connectivity index (χ2v) is 5.27. The first-order valence-corrected chi connectivity index (χ1v) is 6.70. The molecule has 0 bridgehead atoms. The minimum atomic E-state index is 0.169. The summed E-state index contributed by atoms with van der Waals surface area (Å²) in [6, 6.07) is 6.02. The number of H-pyrrole nitrogens is 1. The topological polar surface area (TPSA) is 66.5 Å². The van der Waals surface area contributed by atoms with E-state index in [0.717, 1.165) is 21.1 Å². The van der Waals surface area contributed by atoms with Gasteiger partial charge in [-0.2, -0.15) is 15.1 Å². The molecule has 2 aromatic heterocycles. The molecule has 0 spiro atoms. The molecule has 0 radical (unpaired) electrons. The Balaban J connectivity index is 2.10. The third-order valence-electron chi connectivity index (χ3n) is 2.66. The van der Waals surface area contributed by atoms with Gasteiger partial charge in [0, 0.05) is 4.47 Å². The van der Waals surface area contributed by atoms with Crippen LogP contribution in [-0.4, -0.2) is 20.2 Å². The maximum Gasteiger partial charge on any atom is 0.226 e. The van der Waals surface area contributed by atoms with Crippen molar-refractivity contribution in [1.82, 2.24) is 20.2 Å². The van der Waals surface area contributed by atoms with Crippen molar-refractivity contribution in [2.75, 3.05) is 5.32 Å². The lowest BCUT2D eigenvalue weighted by Crippen LogP contribution is -1.97. The summed E-state index contributed by atoms with van der Waals surface area (Å²) in [5.74, 6) is 0.620. The minimum Gasteiger partial charge on any atom is -0.339 e. The van der Waals surface area contributed by atoms with Crippen LogP contribution in [0.3, 0.4) is 0 Å². The summed E-state index contributed by atoms with van der Waals surface area (Å²) in [5.41, 5.74) is 2.66. The van der Waals surface area contributed by atoms with Crippen molar-refractivity contribution < 1.29 is 0 Å². The SMILES string of the molecule is Cc1ccc(Br)c(Nc2nc(Cl)nc3[nH]ncc23)c1. The Kier molecular flexibility index (Phi) is 3.12. The number of halogens is 2. The molecule has 0 unspecified atom stereocenters. The van der Waals surface area contributed by atoms with Crippen molar-refractivity contribution in [3.8, 4) is 0 Å². The van der Waals surface area contributed by atoms with Crippen LogP contribution in [0.4, 0.5) is 11.5 Å². The molecule has 3 rings (SSSR count). The molecule has 5 nitrogen and oxygen atoms in total. The van der Waals surface area contributed by atoms with Crippen LogP contribution >= 0.6 is 27.5 Å². The number of fused-ring (bicyclic) bond motifs is 1. The number of anilines is 2. The van der Waals surface area contributed by atoms with Crippen LogP contribution in [0, 0.1) is 6.92 Å². The average Bonchev–Trinajstić information content (AvgIpc) is 2.82. The first-order valence-electron chi connectivity index (χ1n) is 5.53. The van der Waals surface area contributed by atoms with E-state index in [0.29, 0.717) is 11.5 Å². The van der Waals surface area contributed by atoms with Gasteiger partial charge in [0.05, 0.1) is 17.3 Å². The molecular formula is C12H9BrClN5. The van der Waals surface area contributed by atoms with Gasteiger partial charge in [-0.05, 0) is 52.2 Å². The van der Waals surface area contributed by atoms with Gasteiger partial charge in [0.15, 0.2) is 5.65 Å². The lowest BCUT2D eigenvalue weighted by Gasteiger charge is -2.09. The summed E-state index contributed by atoms with van der Waals surface area (Å²) in [4.78, 5) is 8.26. The molecule has 0 fully saturated rings. The summed E-state index contributed by atoms with van der Waals surface area (Å²) >= 11 is 9.40. The number of aryl methyl sites for hydroxylation is 1. The largest absolute Gasteiger partial charge is 0.339 e. The zero-order valence-electron chi connectivity index (χ0n) is 9.91. The highest BCUT2D eigenvalue weighted by atomic mass is 79.9. The fraction of sp³-hybridized carbons (Fsp3) is 0.0833. The Morgan fingerprint density at radius 3 is 3.00 bits per heavy atom. The Bertz CT molecular complexity index is 755. The van der Waals surface area contributed by atoms with Crippen LogP contribution in [-0.2, 0) is 0 Å². The van der Waals surface area contributed by atoms with Crippen LogP contribution in [0.5, 0.6) is 0 Å². The van der Waals surface area contributed by atoms with E-state index >= 15 is 0 Å². The van der Waals surface area contributed by atoms with Gasteiger partial charge in [-0.15, -0.1) is 0 Å². The average molecular weight is 339 g/mol. The van der Waals surface area contributed by atoms with Crippen molar-refractivity contribution in [3.05, 3.63) is 39.7 Å². The minimum absolute atomic E-state index is 0.169. The third-order valence-corrected chi connectivity index (χ3v) is 3.52. The molecule has 0 aliphatic heterocycles. The van der Waals surface area contributed by atoms with Gasteiger partial charge in [0.1, 0.15) is 5.82 Å². The van der Waals surface area contributed by atoms with Crippen LogP contribution in [0.1, 0.15) is 5.56 Å². The van der Waals surface area contributed by atoms with Crippen molar-refractivity contribution in [2.24, 2.45) is 0 Å². The number of hydrogen-bond acceptors (Lipinski definition) is 4. The molecule has 1 aromatic carbocycles. The fourth-order valence-electron chi connectivity index (χ4n) is 1.77. The van der Waals surface area contributed by atoms with E-state index in [1.54, 1.807) is 6.20 Å². The second kappa shape index (κ2) is 4.79. The molecule has 0 saturated heterocycles. The van der Waals surface area contributed by atoms with E-state index in [1.807, 2.05) is 25.1 Å². The van der Waals surface area contributed by atoms with Gasteiger partial charge in [0.25, 0.3) is 0 Å². The molecule has 0 saturated carbocycles. The molecule has 0 atom stereocenters. The van der Waals surface area contributed by atoms with E-state index in [4.69, 9.17) is 11.6 Å². The molecule has 0 amide bonds. The Morgan fingerprint density at radius 1 is 1.32 bits per heavy atom. The van der Waals surface area contributed by atoms with Gasteiger partial charge in [-0.3, -0.25) is 5.10 Å². The zero-order valence-corrected chi connectivity index (χ0v) is 12.2. The van der Waals surface area contributed by atoms with Crippen molar-refractivity contribution in [3.63, 3.8) is 0 Å². The summed E-state index contributed by atoms with van der Waals surface area (Å²) in [6.45, 7) is 2.03. The molecule has 0 aliphatic carbocycles. The maximum absolute atomic E-state index is 5.90. The van der Waals surface area contributed by atoms with Gasteiger partial charge >= 0.3 is 0 Å². The van der Waals surface area contributed by atoms with Gasteiger partial charge in [0.2, 0.25) is 5.28 Å². The van der Waals surface area contributed by atoms with Crippen molar-refractivity contribution >= 4 is 50.1 Å². The quantitative estimate of drug-likeness (QED) is 0.697.